The van der Waals surface area contributed by atoms with Crippen LogP contribution in [-0.2, 0) is 12.4 Å². The second-order valence-corrected chi connectivity index (χ2v) is 9.64. The zero-order valence-corrected chi connectivity index (χ0v) is 21.1. The van der Waals surface area contributed by atoms with Gasteiger partial charge in [0.2, 0.25) is 0 Å². The van der Waals surface area contributed by atoms with Crippen molar-refractivity contribution >= 4 is 23.0 Å². The predicted octanol–water partition coefficient (Wildman–Crippen LogP) is 7.98. The van der Waals surface area contributed by atoms with E-state index in [-0.39, 0.29) is 17.2 Å². The predicted molar refractivity (Wildman–Crippen MR) is 140 cm³/mol. The second kappa shape index (κ2) is 11.7. The van der Waals surface area contributed by atoms with E-state index in [4.69, 9.17) is 12.2 Å². The highest BCUT2D eigenvalue weighted by Crippen LogP contribution is 2.39. The lowest BCUT2D eigenvalue weighted by atomic mass is 9.90. The van der Waals surface area contributed by atoms with Crippen LogP contribution in [-0.4, -0.2) is 23.1 Å². The molecule has 0 bridgehead atoms. The van der Waals surface area contributed by atoms with Gasteiger partial charge in [-0.25, -0.2) is 0 Å². The number of nitrogens with one attached hydrogen (secondary N) is 2. The minimum Gasteiger partial charge on any atom is -0.354 e. The van der Waals surface area contributed by atoms with E-state index >= 15 is 0 Å². The summed E-state index contributed by atoms with van der Waals surface area (Å²) in [5.74, 6) is 0. The van der Waals surface area contributed by atoms with E-state index in [0.717, 1.165) is 43.5 Å². The molecule has 2 atom stereocenters. The lowest BCUT2D eigenvalue weighted by molar-refractivity contribution is -0.143. The van der Waals surface area contributed by atoms with Gasteiger partial charge in [-0.1, -0.05) is 67.1 Å². The highest BCUT2D eigenvalue weighted by atomic mass is 32.1. The Hall–Kier alpha value is -3.11. The first kappa shape index (κ1) is 27.9. The lowest BCUT2D eigenvalue weighted by Gasteiger charge is -2.40. The maximum atomic E-state index is 13.4. The molecule has 10 heteroatoms. The van der Waals surface area contributed by atoms with Crippen molar-refractivity contribution in [2.75, 3.05) is 18.4 Å². The van der Waals surface area contributed by atoms with Gasteiger partial charge in [0.1, 0.15) is 0 Å². The number of alkyl halides is 6. The van der Waals surface area contributed by atoms with Gasteiger partial charge in [0.05, 0.1) is 23.2 Å². The quantitative estimate of drug-likeness (QED) is 0.240. The largest absolute Gasteiger partial charge is 0.416 e. The van der Waals surface area contributed by atoms with Gasteiger partial charge in [0.15, 0.2) is 5.11 Å². The molecule has 2 N–H and O–H groups in total. The van der Waals surface area contributed by atoms with Gasteiger partial charge >= 0.3 is 12.4 Å². The summed E-state index contributed by atoms with van der Waals surface area (Å²) >= 11 is 5.45. The third-order valence-corrected chi connectivity index (χ3v) is 6.75. The van der Waals surface area contributed by atoms with Crippen molar-refractivity contribution < 1.29 is 26.3 Å². The number of piperidine rings is 1. The highest BCUT2D eigenvalue weighted by Gasteiger charge is 2.37. The fourth-order valence-electron chi connectivity index (χ4n) is 4.80. The third kappa shape index (κ3) is 7.05. The third-order valence-electron chi connectivity index (χ3n) is 6.53. The van der Waals surface area contributed by atoms with Gasteiger partial charge in [-0.05, 0) is 67.5 Å². The van der Waals surface area contributed by atoms with Gasteiger partial charge in [-0.3, -0.25) is 4.90 Å². The Morgan fingerprint density at radius 1 is 0.711 bits per heavy atom. The van der Waals surface area contributed by atoms with Crippen LogP contribution < -0.4 is 10.6 Å². The van der Waals surface area contributed by atoms with Crippen LogP contribution in [0.3, 0.4) is 0 Å². The fraction of sp³-hybridized carbons (Fsp3) is 0.321. The molecular weight excluding hydrogens is 524 g/mol. The van der Waals surface area contributed by atoms with E-state index in [1.165, 1.54) is 0 Å². The molecule has 0 aliphatic carbocycles. The first-order valence-electron chi connectivity index (χ1n) is 12.2. The molecule has 0 saturated carbocycles. The summed E-state index contributed by atoms with van der Waals surface area (Å²) in [4.78, 5) is 2.35. The summed E-state index contributed by atoms with van der Waals surface area (Å²) in [7, 11) is 0. The molecule has 0 aromatic heterocycles. The first-order valence-corrected chi connectivity index (χ1v) is 12.6. The number of anilines is 1. The molecule has 38 heavy (non-hydrogen) atoms. The van der Waals surface area contributed by atoms with E-state index in [9.17, 15) is 26.3 Å². The van der Waals surface area contributed by atoms with Crippen molar-refractivity contribution in [3.8, 4) is 0 Å². The molecule has 3 aromatic rings. The summed E-state index contributed by atoms with van der Waals surface area (Å²) < 4.78 is 80.1. The Bertz CT molecular complexity index is 1180. The lowest BCUT2D eigenvalue weighted by Crippen LogP contribution is -2.44. The molecule has 1 aliphatic heterocycles. The topological polar surface area (TPSA) is 27.3 Å². The molecule has 3 aromatic carbocycles. The van der Waals surface area contributed by atoms with E-state index < -0.39 is 35.2 Å². The zero-order chi connectivity index (χ0) is 27.3. The molecule has 0 radical (unpaired) electrons. The Kier molecular flexibility index (Phi) is 8.62. The average Bonchev–Trinajstić information content (AvgIpc) is 2.89. The van der Waals surface area contributed by atoms with Crippen LogP contribution in [0.25, 0.3) is 0 Å². The summed E-state index contributed by atoms with van der Waals surface area (Å²) in [6.45, 7) is 1.71. The van der Waals surface area contributed by atoms with Crippen LogP contribution in [0.1, 0.15) is 53.6 Å². The Labute approximate surface area is 222 Å². The van der Waals surface area contributed by atoms with Crippen LogP contribution >= 0.6 is 12.2 Å². The highest BCUT2D eigenvalue weighted by molar-refractivity contribution is 7.80. The molecular formula is C28H27F6N3S. The minimum absolute atomic E-state index is 0.0794. The number of thiocarbonyl (C=S) groups is 1. The van der Waals surface area contributed by atoms with Crippen molar-refractivity contribution in [3.05, 3.63) is 101 Å². The van der Waals surface area contributed by atoms with Crippen LogP contribution in [0.15, 0.2) is 78.9 Å². The van der Waals surface area contributed by atoms with Crippen LogP contribution in [0.5, 0.6) is 0 Å². The smallest absolute Gasteiger partial charge is 0.354 e. The van der Waals surface area contributed by atoms with Crippen molar-refractivity contribution in [2.24, 2.45) is 0 Å². The van der Waals surface area contributed by atoms with Gasteiger partial charge < -0.3 is 10.6 Å². The van der Waals surface area contributed by atoms with Gasteiger partial charge in [0.25, 0.3) is 0 Å². The van der Waals surface area contributed by atoms with Crippen molar-refractivity contribution in [2.45, 2.75) is 43.7 Å². The fourth-order valence-corrected chi connectivity index (χ4v) is 5.05. The van der Waals surface area contributed by atoms with E-state index in [1.807, 2.05) is 60.7 Å². The summed E-state index contributed by atoms with van der Waals surface area (Å²) in [6.07, 6.45) is -6.73. The summed E-state index contributed by atoms with van der Waals surface area (Å²) in [6, 6.07) is 20.0. The minimum atomic E-state index is -4.95. The molecule has 0 spiro atoms. The molecule has 1 fully saturated rings. The second-order valence-electron chi connectivity index (χ2n) is 9.23. The Morgan fingerprint density at radius 2 is 1.21 bits per heavy atom. The maximum absolute atomic E-state index is 13.4. The number of likely N-dealkylation sites (tertiary alicyclic amines) is 1. The van der Waals surface area contributed by atoms with E-state index in [1.54, 1.807) is 0 Å². The van der Waals surface area contributed by atoms with Gasteiger partial charge in [0, 0.05) is 5.69 Å². The number of nitrogens with zero attached hydrogens (tertiary/aromatic N) is 1. The number of hydrogen-bond donors (Lipinski definition) is 2. The van der Waals surface area contributed by atoms with Crippen LogP contribution in [0, 0.1) is 0 Å². The molecule has 1 aliphatic rings. The molecule has 1 heterocycles. The molecule has 0 unspecified atom stereocenters. The Balaban J connectivity index is 1.68. The zero-order valence-electron chi connectivity index (χ0n) is 20.3. The monoisotopic (exact) mass is 551 g/mol. The first-order chi connectivity index (χ1) is 18.0. The van der Waals surface area contributed by atoms with Crippen molar-refractivity contribution in [1.29, 1.82) is 0 Å². The summed E-state index contributed by atoms with van der Waals surface area (Å²) in [5, 5.41) is 5.71. The molecule has 1 saturated heterocycles. The van der Waals surface area contributed by atoms with Gasteiger partial charge in [-0.15, -0.1) is 0 Å². The molecule has 202 valence electrons. The normalized spacial score (nSPS) is 16.5. The number of halogens is 6. The maximum Gasteiger partial charge on any atom is 0.416 e. The van der Waals surface area contributed by atoms with Crippen LogP contribution in [0.4, 0.5) is 32.0 Å². The number of benzene rings is 3. The van der Waals surface area contributed by atoms with E-state index in [2.05, 4.69) is 15.5 Å². The van der Waals surface area contributed by atoms with Gasteiger partial charge in [-0.2, -0.15) is 26.3 Å². The van der Waals surface area contributed by atoms with E-state index in [0.29, 0.717) is 12.1 Å². The average molecular weight is 552 g/mol. The standard InChI is InChI=1S/C28H27F6N3S/c29-27(30,31)21-16-22(28(32,33)34)18-23(17-21)35-26(38)36-24(19-10-4-1-5-11-19)25(20-12-6-2-7-13-20)37-14-8-3-9-15-37/h1-2,4-7,10-13,16-18,24-25H,3,8-9,14-15H2,(H2,35,36,38)/t24-,25-/m0/s1. The SMILES string of the molecule is FC(F)(F)c1cc(NC(=S)N[C@@H](c2ccccc2)[C@H](c2ccccc2)N2CCCCC2)cc(C(F)(F)F)c1. The summed E-state index contributed by atoms with van der Waals surface area (Å²) in [5.41, 5.74) is -1.31. The van der Waals surface area contributed by atoms with Crippen molar-refractivity contribution in [1.82, 2.24) is 10.2 Å². The number of rotatable bonds is 6. The molecule has 3 nitrogen and oxygen atoms in total. The van der Waals surface area contributed by atoms with Crippen molar-refractivity contribution in [3.63, 3.8) is 0 Å². The number of hydrogen-bond acceptors (Lipinski definition) is 2. The molecule has 4 rings (SSSR count). The van der Waals surface area contributed by atoms with Crippen LogP contribution in [0.2, 0.25) is 0 Å². The molecule has 0 amide bonds. The Morgan fingerprint density at radius 3 is 1.71 bits per heavy atom.